The minimum atomic E-state index is -0.838. The van der Waals surface area contributed by atoms with Gasteiger partial charge in [-0.15, -0.1) is 0 Å². The van der Waals surface area contributed by atoms with Crippen molar-refractivity contribution in [2.45, 2.75) is 12.8 Å². The molecule has 0 radical (unpaired) electrons. The van der Waals surface area contributed by atoms with E-state index in [4.69, 9.17) is 5.11 Å². The summed E-state index contributed by atoms with van der Waals surface area (Å²) in [6, 6.07) is 3.69. The van der Waals surface area contributed by atoms with Crippen molar-refractivity contribution in [3.05, 3.63) is 28.6 Å². The first-order valence-corrected chi connectivity index (χ1v) is 5.17. The maximum Gasteiger partial charge on any atom is 0.303 e. The first-order valence-electron chi connectivity index (χ1n) is 4.38. The number of hydrogen-bond donors (Lipinski definition) is 1. The van der Waals surface area contributed by atoms with Gasteiger partial charge in [0.25, 0.3) is 0 Å². The highest BCUT2D eigenvalue weighted by atomic mass is 79.9. The molecule has 0 amide bonds. The largest absolute Gasteiger partial charge is 0.481 e. The highest BCUT2D eigenvalue weighted by molar-refractivity contribution is 9.10. The summed E-state index contributed by atoms with van der Waals surface area (Å²) in [4.78, 5) is 14.6. The second-order valence-electron chi connectivity index (χ2n) is 3.07. The number of rotatable bonds is 3. The summed E-state index contributed by atoms with van der Waals surface area (Å²) in [5.74, 6) is -0.287. The van der Waals surface area contributed by atoms with Gasteiger partial charge in [0.2, 0.25) is 0 Å². The molecule has 0 saturated carbocycles. The molecule has 0 aromatic carbocycles. The average molecular weight is 270 g/mol. The lowest BCUT2D eigenvalue weighted by Gasteiger charge is -1.90. The highest BCUT2D eigenvalue weighted by Gasteiger charge is 2.05. The van der Waals surface area contributed by atoms with E-state index in [1.165, 1.54) is 0 Å². The first-order chi connectivity index (χ1) is 7.15. The third-order valence-corrected chi connectivity index (χ3v) is 2.37. The Labute approximate surface area is 93.9 Å². The third-order valence-electron chi connectivity index (χ3n) is 1.90. The number of carboxylic acid groups (broad SMARTS) is 1. The van der Waals surface area contributed by atoms with E-state index < -0.39 is 5.97 Å². The molecule has 0 fully saturated rings. The van der Waals surface area contributed by atoms with Gasteiger partial charge >= 0.3 is 5.97 Å². The van der Waals surface area contributed by atoms with Gasteiger partial charge in [-0.1, -0.05) is 0 Å². The lowest BCUT2D eigenvalue weighted by molar-refractivity contribution is -0.137. The number of pyridine rings is 1. The Hall–Kier alpha value is -1.43. The molecule has 1 N–H and O–H groups in total. The molecule has 0 aliphatic rings. The van der Waals surface area contributed by atoms with Gasteiger partial charge in [0.1, 0.15) is 0 Å². The van der Waals surface area contributed by atoms with Crippen molar-refractivity contribution in [3.8, 4) is 0 Å². The summed E-state index contributed by atoms with van der Waals surface area (Å²) in [6.45, 7) is 0. The first kappa shape index (κ1) is 10.1. The van der Waals surface area contributed by atoms with Gasteiger partial charge < -0.3 is 5.11 Å². The SMILES string of the molecule is O=C(O)CCc1nc2ccc(Br)cn2n1. The number of hydrogen-bond acceptors (Lipinski definition) is 3. The number of carboxylic acids is 1. The van der Waals surface area contributed by atoms with Crippen LogP contribution in [-0.2, 0) is 11.2 Å². The predicted molar refractivity (Wildman–Crippen MR) is 56.6 cm³/mol. The van der Waals surface area contributed by atoms with Gasteiger partial charge in [-0.05, 0) is 28.1 Å². The number of aromatic nitrogens is 3. The molecule has 5 nitrogen and oxygen atoms in total. The van der Waals surface area contributed by atoms with Crippen molar-refractivity contribution in [1.82, 2.24) is 14.6 Å². The molecular weight excluding hydrogens is 262 g/mol. The zero-order chi connectivity index (χ0) is 10.8. The molecule has 2 aromatic rings. The molecule has 78 valence electrons. The van der Waals surface area contributed by atoms with E-state index in [9.17, 15) is 4.79 Å². The predicted octanol–water partition coefficient (Wildman–Crippen LogP) is 1.51. The van der Waals surface area contributed by atoms with Crippen LogP contribution in [0.25, 0.3) is 5.65 Å². The van der Waals surface area contributed by atoms with E-state index in [-0.39, 0.29) is 6.42 Å². The normalized spacial score (nSPS) is 10.7. The summed E-state index contributed by atoms with van der Waals surface area (Å²) in [5.41, 5.74) is 0.721. The van der Waals surface area contributed by atoms with Crippen molar-refractivity contribution in [3.63, 3.8) is 0 Å². The van der Waals surface area contributed by atoms with Gasteiger partial charge in [0.15, 0.2) is 11.5 Å². The van der Waals surface area contributed by atoms with E-state index in [2.05, 4.69) is 26.0 Å². The summed E-state index contributed by atoms with van der Waals surface area (Å²) in [5, 5.41) is 12.7. The summed E-state index contributed by atoms with van der Waals surface area (Å²) in [6.07, 6.45) is 2.19. The van der Waals surface area contributed by atoms with Crippen LogP contribution in [0.15, 0.2) is 22.8 Å². The summed E-state index contributed by atoms with van der Waals surface area (Å²) < 4.78 is 2.53. The number of nitrogens with zero attached hydrogens (tertiary/aromatic N) is 3. The monoisotopic (exact) mass is 269 g/mol. The topological polar surface area (TPSA) is 67.5 Å². The van der Waals surface area contributed by atoms with Crippen molar-refractivity contribution in [2.75, 3.05) is 0 Å². The zero-order valence-corrected chi connectivity index (χ0v) is 9.31. The molecule has 6 heteroatoms. The Morgan fingerprint density at radius 1 is 1.53 bits per heavy atom. The van der Waals surface area contributed by atoms with Crippen molar-refractivity contribution in [2.24, 2.45) is 0 Å². The Balaban J connectivity index is 2.27. The minimum Gasteiger partial charge on any atom is -0.481 e. The van der Waals surface area contributed by atoms with Gasteiger partial charge in [-0.3, -0.25) is 4.79 Å². The summed E-state index contributed by atoms with van der Waals surface area (Å²) >= 11 is 3.32. The Kier molecular flexibility index (Phi) is 2.68. The second kappa shape index (κ2) is 3.98. The quantitative estimate of drug-likeness (QED) is 0.917. The fourth-order valence-corrected chi connectivity index (χ4v) is 1.55. The van der Waals surface area contributed by atoms with Gasteiger partial charge in [-0.25, -0.2) is 9.50 Å². The Morgan fingerprint density at radius 2 is 2.33 bits per heavy atom. The van der Waals surface area contributed by atoms with Crippen LogP contribution in [0, 0.1) is 0 Å². The van der Waals surface area contributed by atoms with Crippen molar-refractivity contribution < 1.29 is 9.90 Å². The van der Waals surface area contributed by atoms with E-state index in [1.807, 2.05) is 12.1 Å². The molecule has 0 atom stereocenters. The molecule has 0 bridgehead atoms. The number of aryl methyl sites for hydroxylation is 1. The lowest BCUT2D eigenvalue weighted by Crippen LogP contribution is -1.99. The van der Waals surface area contributed by atoms with Gasteiger partial charge in [-0.2, -0.15) is 5.10 Å². The number of aliphatic carboxylic acids is 1. The van der Waals surface area contributed by atoms with E-state index in [1.54, 1.807) is 10.7 Å². The van der Waals surface area contributed by atoms with Crippen LogP contribution in [0.3, 0.4) is 0 Å². The van der Waals surface area contributed by atoms with E-state index in [0.29, 0.717) is 12.2 Å². The van der Waals surface area contributed by atoms with Crippen LogP contribution >= 0.6 is 15.9 Å². The van der Waals surface area contributed by atoms with Crippen molar-refractivity contribution >= 4 is 27.5 Å². The number of carbonyl (C=O) groups is 1. The second-order valence-corrected chi connectivity index (χ2v) is 3.99. The molecule has 0 aliphatic carbocycles. The fourth-order valence-electron chi connectivity index (χ4n) is 1.23. The summed E-state index contributed by atoms with van der Waals surface area (Å²) in [7, 11) is 0. The van der Waals surface area contributed by atoms with Crippen LogP contribution in [0.1, 0.15) is 12.2 Å². The Bertz CT molecular complexity index is 509. The van der Waals surface area contributed by atoms with Crippen LogP contribution in [0.5, 0.6) is 0 Å². The molecule has 0 aliphatic heterocycles. The van der Waals surface area contributed by atoms with Crippen LogP contribution < -0.4 is 0 Å². The average Bonchev–Trinajstić information content (AvgIpc) is 2.56. The lowest BCUT2D eigenvalue weighted by atomic mass is 10.3. The van der Waals surface area contributed by atoms with Crippen LogP contribution in [-0.4, -0.2) is 25.7 Å². The van der Waals surface area contributed by atoms with Crippen LogP contribution in [0.2, 0.25) is 0 Å². The smallest absolute Gasteiger partial charge is 0.303 e. The van der Waals surface area contributed by atoms with Gasteiger partial charge in [0.05, 0.1) is 6.42 Å². The highest BCUT2D eigenvalue weighted by Crippen LogP contribution is 2.10. The molecule has 2 rings (SSSR count). The molecule has 15 heavy (non-hydrogen) atoms. The maximum absolute atomic E-state index is 10.4. The minimum absolute atomic E-state index is 0.0536. The fraction of sp³-hybridized carbons (Fsp3) is 0.222. The third kappa shape index (κ3) is 2.33. The van der Waals surface area contributed by atoms with Crippen LogP contribution in [0.4, 0.5) is 0 Å². The molecule has 2 heterocycles. The molecule has 0 saturated heterocycles. The van der Waals surface area contributed by atoms with E-state index in [0.717, 1.165) is 10.1 Å². The maximum atomic E-state index is 10.4. The molecule has 0 spiro atoms. The molecule has 2 aromatic heterocycles. The van der Waals surface area contributed by atoms with Gasteiger partial charge in [0, 0.05) is 17.1 Å². The molecule has 0 unspecified atom stereocenters. The van der Waals surface area contributed by atoms with E-state index >= 15 is 0 Å². The molecular formula is C9H8BrN3O2. The zero-order valence-electron chi connectivity index (χ0n) is 7.72. The van der Waals surface area contributed by atoms with Crippen molar-refractivity contribution in [1.29, 1.82) is 0 Å². The number of halogens is 1. The Morgan fingerprint density at radius 3 is 3.07 bits per heavy atom. The number of fused-ring (bicyclic) bond motifs is 1. The standard InChI is InChI=1S/C9H8BrN3O2/c10-6-1-3-8-11-7(2-4-9(14)15)12-13(8)5-6/h1,3,5H,2,4H2,(H,14,15).